The third kappa shape index (κ3) is 3.44. The number of benzene rings is 2. The van der Waals surface area contributed by atoms with E-state index in [0.29, 0.717) is 22.2 Å². The van der Waals surface area contributed by atoms with Gasteiger partial charge in [-0.15, -0.1) is 0 Å². The quantitative estimate of drug-likeness (QED) is 0.897. The highest BCUT2D eigenvalue weighted by Gasteiger charge is 2.06. The van der Waals surface area contributed by atoms with Crippen LogP contribution in [-0.4, -0.2) is 13.0 Å². The second-order valence-corrected chi connectivity index (χ2v) is 5.01. The van der Waals surface area contributed by atoms with E-state index in [1.165, 1.54) is 0 Å². The van der Waals surface area contributed by atoms with Crippen molar-refractivity contribution >= 4 is 34.8 Å². The first-order valence-electron chi connectivity index (χ1n) is 6.10. The van der Waals surface area contributed by atoms with Crippen molar-refractivity contribution in [3.05, 3.63) is 63.6 Å². The molecular weight excluding hydrogens is 295 g/mol. The SMILES string of the molecule is CNC(=O)c1cccc(NCc2cccc(Cl)c2Cl)c1. The van der Waals surface area contributed by atoms with Gasteiger partial charge in [-0.1, -0.05) is 41.4 Å². The summed E-state index contributed by atoms with van der Waals surface area (Å²) >= 11 is 12.1. The van der Waals surface area contributed by atoms with Gasteiger partial charge < -0.3 is 10.6 Å². The van der Waals surface area contributed by atoms with E-state index >= 15 is 0 Å². The fourth-order valence-corrected chi connectivity index (χ4v) is 2.18. The molecule has 0 fully saturated rings. The maximum absolute atomic E-state index is 11.6. The van der Waals surface area contributed by atoms with E-state index in [9.17, 15) is 4.79 Å². The molecule has 3 nitrogen and oxygen atoms in total. The fraction of sp³-hybridized carbons (Fsp3) is 0.133. The molecule has 0 aliphatic carbocycles. The van der Waals surface area contributed by atoms with Crippen molar-refractivity contribution in [1.82, 2.24) is 5.32 Å². The second-order valence-electron chi connectivity index (χ2n) is 4.23. The number of amides is 1. The van der Waals surface area contributed by atoms with E-state index < -0.39 is 0 Å². The highest BCUT2D eigenvalue weighted by molar-refractivity contribution is 6.42. The zero-order valence-corrected chi connectivity index (χ0v) is 12.4. The Hall–Kier alpha value is -1.71. The molecule has 2 rings (SSSR count). The Morgan fingerprint density at radius 1 is 1.15 bits per heavy atom. The van der Waals surface area contributed by atoms with Gasteiger partial charge in [0, 0.05) is 24.8 Å². The van der Waals surface area contributed by atoms with Crippen LogP contribution in [0, 0.1) is 0 Å². The van der Waals surface area contributed by atoms with Gasteiger partial charge >= 0.3 is 0 Å². The summed E-state index contributed by atoms with van der Waals surface area (Å²) in [4.78, 5) is 11.6. The molecule has 0 unspecified atom stereocenters. The monoisotopic (exact) mass is 308 g/mol. The molecule has 0 aromatic heterocycles. The van der Waals surface area contributed by atoms with Crippen LogP contribution in [0.1, 0.15) is 15.9 Å². The van der Waals surface area contributed by atoms with Crippen LogP contribution in [0.15, 0.2) is 42.5 Å². The van der Waals surface area contributed by atoms with Crippen molar-refractivity contribution in [2.24, 2.45) is 0 Å². The van der Waals surface area contributed by atoms with E-state index in [-0.39, 0.29) is 5.91 Å². The number of anilines is 1. The molecule has 20 heavy (non-hydrogen) atoms. The number of carbonyl (C=O) groups is 1. The molecule has 0 radical (unpaired) electrons. The van der Waals surface area contributed by atoms with Gasteiger partial charge in [0.2, 0.25) is 0 Å². The Kier molecular flexibility index (Phi) is 4.88. The smallest absolute Gasteiger partial charge is 0.251 e. The van der Waals surface area contributed by atoms with Crippen molar-refractivity contribution in [3.63, 3.8) is 0 Å². The molecule has 5 heteroatoms. The van der Waals surface area contributed by atoms with Crippen molar-refractivity contribution in [2.45, 2.75) is 6.54 Å². The molecule has 2 aromatic carbocycles. The zero-order valence-electron chi connectivity index (χ0n) is 10.9. The Morgan fingerprint density at radius 3 is 2.65 bits per heavy atom. The molecule has 0 heterocycles. The van der Waals surface area contributed by atoms with Gasteiger partial charge in [-0.3, -0.25) is 4.79 Å². The molecule has 0 atom stereocenters. The highest BCUT2D eigenvalue weighted by Crippen LogP contribution is 2.26. The fourth-order valence-electron chi connectivity index (χ4n) is 1.80. The first-order valence-corrected chi connectivity index (χ1v) is 6.86. The molecule has 0 saturated carbocycles. The predicted octanol–water partition coefficient (Wildman–Crippen LogP) is 3.97. The minimum Gasteiger partial charge on any atom is -0.381 e. The van der Waals surface area contributed by atoms with Gasteiger partial charge in [0.1, 0.15) is 0 Å². The second kappa shape index (κ2) is 6.64. The molecule has 0 bridgehead atoms. The molecule has 2 aromatic rings. The van der Waals surface area contributed by atoms with Gasteiger partial charge in [0.05, 0.1) is 10.0 Å². The van der Waals surface area contributed by atoms with Crippen LogP contribution in [0.3, 0.4) is 0 Å². The normalized spacial score (nSPS) is 10.2. The topological polar surface area (TPSA) is 41.1 Å². The summed E-state index contributed by atoms with van der Waals surface area (Å²) in [5, 5.41) is 6.90. The summed E-state index contributed by atoms with van der Waals surface area (Å²) in [5.74, 6) is -0.116. The average Bonchev–Trinajstić information content (AvgIpc) is 2.48. The van der Waals surface area contributed by atoms with Crippen LogP contribution < -0.4 is 10.6 Å². The third-order valence-electron chi connectivity index (χ3n) is 2.87. The number of rotatable bonds is 4. The van der Waals surface area contributed by atoms with Gasteiger partial charge in [-0.2, -0.15) is 0 Å². The van der Waals surface area contributed by atoms with Gasteiger partial charge in [0.15, 0.2) is 0 Å². The lowest BCUT2D eigenvalue weighted by atomic mass is 10.1. The molecule has 0 saturated heterocycles. The van der Waals surface area contributed by atoms with Crippen molar-refractivity contribution in [2.75, 3.05) is 12.4 Å². The molecule has 104 valence electrons. The van der Waals surface area contributed by atoms with Crippen molar-refractivity contribution in [3.8, 4) is 0 Å². The Balaban J connectivity index is 2.11. The first kappa shape index (κ1) is 14.7. The number of hydrogen-bond donors (Lipinski definition) is 2. The molecule has 0 aliphatic heterocycles. The number of carbonyl (C=O) groups excluding carboxylic acids is 1. The number of hydrogen-bond acceptors (Lipinski definition) is 2. The summed E-state index contributed by atoms with van der Waals surface area (Å²) in [6, 6.07) is 12.8. The predicted molar refractivity (Wildman–Crippen MR) is 83.6 cm³/mol. The van der Waals surface area contributed by atoms with Gasteiger partial charge in [-0.05, 0) is 29.8 Å². The van der Waals surface area contributed by atoms with E-state index in [2.05, 4.69) is 10.6 Å². The van der Waals surface area contributed by atoms with Crippen LogP contribution >= 0.6 is 23.2 Å². The molecule has 0 aliphatic rings. The lowest BCUT2D eigenvalue weighted by molar-refractivity contribution is 0.0963. The Morgan fingerprint density at radius 2 is 1.90 bits per heavy atom. The number of nitrogens with one attached hydrogen (secondary N) is 2. The molecule has 0 spiro atoms. The van der Waals surface area contributed by atoms with Crippen LogP contribution in [-0.2, 0) is 6.54 Å². The zero-order chi connectivity index (χ0) is 14.5. The maximum atomic E-state index is 11.6. The van der Waals surface area contributed by atoms with Gasteiger partial charge in [0.25, 0.3) is 5.91 Å². The average molecular weight is 309 g/mol. The van der Waals surface area contributed by atoms with Crippen LogP contribution in [0.5, 0.6) is 0 Å². The van der Waals surface area contributed by atoms with Crippen LogP contribution in [0.2, 0.25) is 10.0 Å². The summed E-state index contributed by atoms with van der Waals surface area (Å²) in [6.45, 7) is 0.538. The molecule has 2 N–H and O–H groups in total. The van der Waals surface area contributed by atoms with E-state index in [1.807, 2.05) is 24.3 Å². The minimum atomic E-state index is -0.116. The molecular formula is C15H14Cl2N2O. The van der Waals surface area contributed by atoms with E-state index in [4.69, 9.17) is 23.2 Å². The summed E-state index contributed by atoms with van der Waals surface area (Å²) < 4.78 is 0. The maximum Gasteiger partial charge on any atom is 0.251 e. The lowest BCUT2D eigenvalue weighted by Crippen LogP contribution is -2.17. The van der Waals surface area contributed by atoms with Crippen LogP contribution in [0.25, 0.3) is 0 Å². The first-order chi connectivity index (χ1) is 9.61. The number of halogens is 2. The summed E-state index contributed by atoms with van der Waals surface area (Å²) in [5.41, 5.74) is 2.36. The van der Waals surface area contributed by atoms with Crippen molar-refractivity contribution in [1.29, 1.82) is 0 Å². The summed E-state index contributed by atoms with van der Waals surface area (Å²) in [7, 11) is 1.61. The van der Waals surface area contributed by atoms with E-state index in [0.717, 1.165) is 11.3 Å². The Bertz CT molecular complexity index is 629. The highest BCUT2D eigenvalue weighted by atomic mass is 35.5. The minimum absolute atomic E-state index is 0.116. The van der Waals surface area contributed by atoms with Gasteiger partial charge in [-0.25, -0.2) is 0 Å². The molecule has 1 amide bonds. The van der Waals surface area contributed by atoms with Crippen LogP contribution in [0.4, 0.5) is 5.69 Å². The third-order valence-corrected chi connectivity index (χ3v) is 3.72. The van der Waals surface area contributed by atoms with Crippen molar-refractivity contribution < 1.29 is 4.79 Å². The Labute approximate surface area is 127 Å². The standard InChI is InChI=1S/C15H14Cl2N2O/c1-18-15(20)10-4-2-6-12(8-10)19-9-11-5-3-7-13(16)14(11)17/h2-8,19H,9H2,1H3,(H,18,20). The van der Waals surface area contributed by atoms with E-state index in [1.54, 1.807) is 25.2 Å². The summed E-state index contributed by atoms with van der Waals surface area (Å²) in [6.07, 6.45) is 0. The lowest BCUT2D eigenvalue weighted by Gasteiger charge is -2.10. The largest absolute Gasteiger partial charge is 0.381 e.